The third-order valence-electron chi connectivity index (χ3n) is 2.98. The van der Waals surface area contributed by atoms with Crippen molar-refractivity contribution in [2.75, 3.05) is 0 Å². The van der Waals surface area contributed by atoms with Crippen molar-refractivity contribution in [1.29, 1.82) is 0 Å². The molecule has 0 amide bonds. The first-order valence-corrected chi connectivity index (χ1v) is 6.01. The highest BCUT2D eigenvalue weighted by Crippen LogP contribution is 2.47. The van der Waals surface area contributed by atoms with Gasteiger partial charge in [-0.3, -0.25) is 0 Å². The lowest BCUT2D eigenvalue weighted by Crippen LogP contribution is -2.28. The Morgan fingerprint density at radius 3 is 2.79 bits per heavy atom. The van der Waals surface area contributed by atoms with Crippen LogP contribution in [0.4, 0.5) is 0 Å². The molecule has 0 saturated carbocycles. The topological polar surface area (TPSA) is 26.0 Å². The molecule has 2 N–H and O–H groups in total. The van der Waals surface area contributed by atoms with E-state index in [9.17, 15) is 0 Å². The number of rotatable bonds is 1. The molecule has 3 unspecified atom stereocenters. The molecule has 1 aromatic rings. The zero-order valence-corrected chi connectivity index (χ0v) is 9.77. The van der Waals surface area contributed by atoms with Crippen LogP contribution in [0.5, 0.6) is 0 Å². The lowest BCUT2D eigenvalue weighted by Gasteiger charge is -2.19. The molecule has 0 fully saturated rings. The number of thioether (sulfide) groups is 1. The van der Waals surface area contributed by atoms with Crippen molar-refractivity contribution >= 4 is 11.8 Å². The van der Waals surface area contributed by atoms with Crippen LogP contribution in [0.15, 0.2) is 23.1 Å². The molecule has 1 aliphatic rings. The van der Waals surface area contributed by atoms with E-state index in [2.05, 4.69) is 39.0 Å². The van der Waals surface area contributed by atoms with E-state index in [0.717, 1.165) is 0 Å². The van der Waals surface area contributed by atoms with E-state index in [-0.39, 0.29) is 6.04 Å². The molecule has 1 aromatic carbocycles. The number of hydrogen-bond donors (Lipinski definition) is 1. The minimum atomic E-state index is 0.251. The van der Waals surface area contributed by atoms with E-state index in [1.807, 2.05) is 11.8 Å². The predicted octanol–water partition coefficient (Wildman–Crippen LogP) is 2.92. The Kier molecular flexibility index (Phi) is 2.58. The zero-order chi connectivity index (χ0) is 10.3. The molecule has 0 radical (unpaired) electrons. The molecule has 0 aliphatic carbocycles. The lowest BCUT2D eigenvalue weighted by atomic mass is 9.90. The van der Waals surface area contributed by atoms with Gasteiger partial charge in [-0.05, 0) is 25.0 Å². The Bertz CT molecular complexity index is 346. The molecule has 0 saturated heterocycles. The smallest absolute Gasteiger partial charge is 0.0150 e. The summed E-state index contributed by atoms with van der Waals surface area (Å²) in [4.78, 5) is 1.46. The Balaban J connectivity index is 2.47. The van der Waals surface area contributed by atoms with Gasteiger partial charge in [0.25, 0.3) is 0 Å². The maximum Gasteiger partial charge on any atom is 0.0150 e. The highest BCUT2D eigenvalue weighted by molar-refractivity contribution is 8.00. The van der Waals surface area contributed by atoms with Crippen molar-refractivity contribution in [3.05, 3.63) is 29.3 Å². The Hall–Kier alpha value is -0.470. The molecule has 0 aromatic heterocycles. The summed E-state index contributed by atoms with van der Waals surface area (Å²) in [7, 11) is 0. The summed E-state index contributed by atoms with van der Waals surface area (Å²) in [6, 6.07) is 6.80. The van der Waals surface area contributed by atoms with Gasteiger partial charge >= 0.3 is 0 Å². The second-order valence-corrected chi connectivity index (χ2v) is 5.59. The second-order valence-electron chi connectivity index (χ2n) is 4.20. The maximum absolute atomic E-state index is 6.04. The molecule has 76 valence electrons. The third-order valence-corrected chi connectivity index (χ3v) is 4.44. The van der Waals surface area contributed by atoms with Crippen molar-refractivity contribution in [3.63, 3.8) is 0 Å². The predicted molar refractivity (Wildman–Crippen MR) is 62.9 cm³/mol. The van der Waals surface area contributed by atoms with Gasteiger partial charge in [-0.15, -0.1) is 11.8 Å². The van der Waals surface area contributed by atoms with Gasteiger partial charge < -0.3 is 5.73 Å². The fourth-order valence-corrected chi connectivity index (χ4v) is 3.83. The lowest BCUT2D eigenvalue weighted by molar-refractivity contribution is 0.568. The van der Waals surface area contributed by atoms with Crippen molar-refractivity contribution in [3.8, 4) is 0 Å². The minimum absolute atomic E-state index is 0.251. The molecule has 0 spiro atoms. The first kappa shape index (κ1) is 10.1. The first-order chi connectivity index (χ1) is 6.61. The van der Waals surface area contributed by atoms with Crippen molar-refractivity contribution in [1.82, 2.24) is 0 Å². The molecular formula is C12H17NS. The highest BCUT2D eigenvalue weighted by Gasteiger charge is 2.33. The van der Waals surface area contributed by atoms with Crippen LogP contribution in [0.2, 0.25) is 0 Å². The summed E-state index contributed by atoms with van der Waals surface area (Å²) in [5.41, 5.74) is 8.89. The van der Waals surface area contributed by atoms with E-state index in [1.165, 1.54) is 16.0 Å². The molecule has 3 atom stereocenters. The molecule has 2 rings (SSSR count). The van der Waals surface area contributed by atoms with Gasteiger partial charge in [0.05, 0.1) is 0 Å². The molecule has 1 nitrogen and oxygen atoms in total. The number of benzene rings is 1. The van der Waals surface area contributed by atoms with E-state index in [0.29, 0.717) is 11.2 Å². The standard InChI is InChI=1S/C12H17NS/c1-7-5-4-6-10-11(8(2)13)9(3)14-12(7)10/h4-6,8-9,11H,13H2,1-3H3. The summed E-state index contributed by atoms with van der Waals surface area (Å²) < 4.78 is 0. The van der Waals surface area contributed by atoms with Crippen molar-refractivity contribution in [2.24, 2.45) is 5.73 Å². The SMILES string of the molecule is Cc1cccc2c1SC(C)C2C(C)N. The molecule has 1 heterocycles. The second kappa shape index (κ2) is 3.59. The fraction of sp³-hybridized carbons (Fsp3) is 0.500. The number of nitrogens with two attached hydrogens (primary N) is 1. The van der Waals surface area contributed by atoms with Gasteiger partial charge in [0.2, 0.25) is 0 Å². The maximum atomic E-state index is 6.04. The summed E-state index contributed by atoms with van der Waals surface area (Å²) in [6.07, 6.45) is 0. The van der Waals surface area contributed by atoms with E-state index in [4.69, 9.17) is 5.73 Å². The van der Waals surface area contributed by atoms with Crippen LogP contribution in [0.1, 0.15) is 30.9 Å². The summed E-state index contributed by atoms with van der Waals surface area (Å²) >= 11 is 1.97. The van der Waals surface area contributed by atoms with Crippen LogP contribution >= 0.6 is 11.8 Å². The summed E-state index contributed by atoms with van der Waals surface area (Å²) in [5.74, 6) is 0.523. The fourth-order valence-electron chi connectivity index (χ4n) is 2.32. The van der Waals surface area contributed by atoms with Crippen molar-refractivity contribution in [2.45, 2.75) is 42.9 Å². The Morgan fingerprint density at radius 1 is 1.43 bits per heavy atom. The van der Waals surface area contributed by atoms with Crippen molar-refractivity contribution < 1.29 is 0 Å². The first-order valence-electron chi connectivity index (χ1n) is 5.13. The van der Waals surface area contributed by atoms with Gasteiger partial charge in [-0.1, -0.05) is 25.1 Å². The van der Waals surface area contributed by atoms with Gasteiger partial charge in [0, 0.05) is 22.1 Å². The zero-order valence-electron chi connectivity index (χ0n) is 8.95. The van der Waals surface area contributed by atoms with Crippen LogP contribution in [-0.2, 0) is 0 Å². The van der Waals surface area contributed by atoms with E-state index < -0.39 is 0 Å². The average Bonchev–Trinajstić information content (AvgIpc) is 2.42. The summed E-state index contributed by atoms with van der Waals surface area (Å²) in [5, 5.41) is 0.617. The molecule has 2 heteroatoms. The monoisotopic (exact) mass is 207 g/mol. The summed E-state index contributed by atoms with van der Waals surface area (Å²) in [6.45, 7) is 6.57. The largest absolute Gasteiger partial charge is 0.327 e. The number of aryl methyl sites for hydroxylation is 1. The van der Waals surface area contributed by atoms with Crippen LogP contribution < -0.4 is 5.73 Å². The Morgan fingerprint density at radius 2 is 2.14 bits per heavy atom. The van der Waals surface area contributed by atoms with Crippen LogP contribution in [-0.4, -0.2) is 11.3 Å². The van der Waals surface area contributed by atoms with Gasteiger partial charge in [-0.2, -0.15) is 0 Å². The number of hydrogen-bond acceptors (Lipinski definition) is 2. The third kappa shape index (κ3) is 1.47. The van der Waals surface area contributed by atoms with Gasteiger partial charge in [0.1, 0.15) is 0 Å². The Labute approximate surface area is 90.1 Å². The minimum Gasteiger partial charge on any atom is -0.327 e. The average molecular weight is 207 g/mol. The van der Waals surface area contributed by atoms with E-state index in [1.54, 1.807) is 0 Å². The van der Waals surface area contributed by atoms with E-state index >= 15 is 0 Å². The molecular weight excluding hydrogens is 190 g/mol. The quantitative estimate of drug-likeness (QED) is 0.766. The highest BCUT2D eigenvalue weighted by atomic mass is 32.2. The van der Waals surface area contributed by atoms with Crippen LogP contribution in [0.25, 0.3) is 0 Å². The van der Waals surface area contributed by atoms with Gasteiger partial charge in [0.15, 0.2) is 0 Å². The molecule has 14 heavy (non-hydrogen) atoms. The van der Waals surface area contributed by atoms with Crippen LogP contribution in [0, 0.1) is 6.92 Å². The normalized spacial score (nSPS) is 27.4. The van der Waals surface area contributed by atoms with Crippen LogP contribution in [0.3, 0.4) is 0 Å². The van der Waals surface area contributed by atoms with Gasteiger partial charge in [-0.25, -0.2) is 0 Å². The molecule has 0 bridgehead atoms. The number of fused-ring (bicyclic) bond motifs is 1. The molecule has 1 aliphatic heterocycles.